The average molecular weight is 397 g/mol. The van der Waals surface area contributed by atoms with E-state index in [1.54, 1.807) is 0 Å². The summed E-state index contributed by atoms with van der Waals surface area (Å²) < 4.78 is 89.3. The smallest absolute Gasteiger partial charge is 0.325 e. The van der Waals surface area contributed by atoms with Gasteiger partial charge in [-0.05, 0) is 18.2 Å². The van der Waals surface area contributed by atoms with Gasteiger partial charge >= 0.3 is 6.18 Å². The number of hydrogen-bond acceptors (Lipinski definition) is 3. The molecule has 1 rings (SSSR count). The molecule has 0 spiro atoms. The maximum atomic E-state index is 12.9. The van der Waals surface area contributed by atoms with Gasteiger partial charge in [0.25, 0.3) is 5.92 Å². The quantitative estimate of drug-likeness (QED) is 0.750. The summed E-state index contributed by atoms with van der Waals surface area (Å²) in [6.45, 7) is -2.53. The number of sulfonamides is 1. The summed E-state index contributed by atoms with van der Waals surface area (Å²) in [5.41, 5.74) is 3.26. The summed E-state index contributed by atoms with van der Waals surface area (Å²) in [5.74, 6) is -3.55. The summed E-state index contributed by atoms with van der Waals surface area (Å²) in [6, 6.07) is 2.29. The van der Waals surface area contributed by atoms with Gasteiger partial charge in [0.1, 0.15) is 0 Å². The second kappa shape index (κ2) is 6.15. The van der Waals surface area contributed by atoms with Crippen LogP contribution in [-0.4, -0.2) is 27.4 Å². The number of nitrogens with one attached hydrogen (secondary N) is 1. The van der Waals surface area contributed by atoms with Crippen molar-refractivity contribution in [2.24, 2.45) is 5.73 Å². The second-order valence-electron chi connectivity index (χ2n) is 4.02. The lowest BCUT2D eigenvalue weighted by Gasteiger charge is -2.17. The molecule has 0 atom stereocenters. The van der Waals surface area contributed by atoms with E-state index >= 15 is 0 Å². The molecule has 3 N–H and O–H groups in total. The van der Waals surface area contributed by atoms with Gasteiger partial charge in [-0.1, -0.05) is 15.9 Å². The molecule has 11 heteroatoms. The lowest BCUT2D eigenvalue weighted by molar-refractivity contribution is -0.139. The van der Waals surface area contributed by atoms with Crippen LogP contribution in [0.2, 0.25) is 0 Å². The first-order valence-electron chi connectivity index (χ1n) is 5.33. The van der Waals surface area contributed by atoms with E-state index in [0.717, 1.165) is 6.07 Å². The Hall–Kier alpha value is -0.780. The molecule has 1 aromatic carbocycles. The van der Waals surface area contributed by atoms with E-state index in [-0.39, 0.29) is 4.47 Å². The van der Waals surface area contributed by atoms with Gasteiger partial charge in [0.2, 0.25) is 10.0 Å². The minimum atomic E-state index is -4.95. The molecular formula is C10H10BrF5N2O2S. The summed E-state index contributed by atoms with van der Waals surface area (Å²) in [4.78, 5) is -1.13. The molecule has 0 unspecified atom stereocenters. The van der Waals surface area contributed by atoms with Gasteiger partial charge in [-0.15, -0.1) is 0 Å². The molecule has 0 amide bonds. The third-order valence-corrected chi connectivity index (χ3v) is 4.31. The van der Waals surface area contributed by atoms with E-state index in [4.69, 9.17) is 5.73 Å². The highest BCUT2D eigenvalue weighted by Gasteiger charge is 2.38. The van der Waals surface area contributed by atoms with Crippen molar-refractivity contribution >= 4 is 26.0 Å². The van der Waals surface area contributed by atoms with Crippen LogP contribution in [-0.2, 0) is 16.2 Å². The van der Waals surface area contributed by atoms with Crippen LogP contribution in [0.3, 0.4) is 0 Å². The van der Waals surface area contributed by atoms with Crippen molar-refractivity contribution in [2.45, 2.75) is 17.0 Å². The van der Waals surface area contributed by atoms with Crippen molar-refractivity contribution in [3.8, 4) is 0 Å². The van der Waals surface area contributed by atoms with E-state index in [2.05, 4.69) is 15.9 Å². The number of benzene rings is 1. The van der Waals surface area contributed by atoms with E-state index < -0.39 is 45.7 Å². The van der Waals surface area contributed by atoms with Crippen LogP contribution < -0.4 is 10.5 Å². The number of hydrogen-bond donors (Lipinski definition) is 2. The molecule has 0 bridgehead atoms. The molecule has 0 saturated heterocycles. The number of alkyl halides is 5. The Morgan fingerprint density at radius 1 is 1.19 bits per heavy atom. The van der Waals surface area contributed by atoms with Gasteiger partial charge < -0.3 is 5.73 Å². The topological polar surface area (TPSA) is 72.2 Å². The standard InChI is InChI=1S/C10H10BrF5N2O2S/c11-6-1-2-8(7(3-6)10(14,15)16)21(19,20)18-5-9(12,13)4-17/h1-3,18H,4-5,17H2. The Balaban J connectivity index is 3.21. The summed E-state index contributed by atoms with van der Waals surface area (Å²) >= 11 is 2.79. The molecule has 0 aromatic heterocycles. The molecule has 0 fully saturated rings. The van der Waals surface area contributed by atoms with Crippen molar-refractivity contribution in [3.05, 3.63) is 28.2 Å². The number of nitrogens with two attached hydrogens (primary N) is 1. The molecule has 0 radical (unpaired) electrons. The zero-order valence-electron chi connectivity index (χ0n) is 10.2. The molecule has 4 nitrogen and oxygen atoms in total. The maximum absolute atomic E-state index is 12.9. The maximum Gasteiger partial charge on any atom is 0.417 e. The van der Waals surface area contributed by atoms with Crippen LogP contribution in [0.25, 0.3) is 0 Å². The van der Waals surface area contributed by atoms with Crippen LogP contribution in [0.1, 0.15) is 5.56 Å². The highest BCUT2D eigenvalue weighted by molar-refractivity contribution is 9.10. The molecule has 0 aliphatic rings. The van der Waals surface area contributed by atoms with Crippen LogP contribution >= 0.6 is 15.9 Å². The predicted octanol–water partition coefficient (Wildman–Crippen LogP) is 2.34. The minimum absolute atomic E-state index is 0.000984. The molecule has 0 saturated carbocycles. The van der Waals surface area contributed by atoms with Crippen LogP contribution in [0, 0.1) is 0 Å². The van der Waals surface area contributed by atoms with Gasteiger partial charge in [-0.25, -0.2) is 21.9 Å². The van der Waals surface area contributed by atoms with Crippen molar-refractivity contribution in [3.63, 3.8) is 0 Å². The average Bonchev–Trinajstić information content (AvgIpc) is 2.35. The SMILES string of the molecule is NCC(F)(F)CNS(=O)(=O)c1ccc(Br)cc1C(F)(F)F. The largest absolute Gasteiger partial charge is 0.417 e. The Bertz CT molecular complexity index is 618. The molecule has 120 valence electrons. The zero-order valence-corrected chi connectivity index (χ0v) is 12.6. The van der Waals surface area contributed by atoms with Gasteiger partial charge in [0.05, 0.1) is 23.5 Å². The van der Waals surface area contributed by atoms with Crippen molar-refractivity contribution in [2.75, 3.05) is 13.1 Å². The first kappa shape index (κ1) is 18.3. The summed E-state index contributed by atoms with van der Waals surface area (Å²) in [7, 11) is -4.76. The second-order valence-corrected chi connectivity index (χ2v) is 6.67. The number of halogens is 6. The van der Waals surface area contributed by atoms with Crippen molar-refractivity contribution in [1.29, 1.82) is 0 Å². The fourth-order valence-electron chi connectivity index (χ4n) is 1.31. The van der Waals surface area contributed by atoms with Gasteiger partial charge in [-0.3, -0.25) is 0 Å². The Kier molecular flexibility index (Phi) is 5.35. The molecule has 1 aromatic rings. The van der Waals surface area contributed by atoms with E-state index in [1.165, 1.54) is 4.72 Å². The first-order valence-corrected chi connectivity index (χ1v) is 7.61. The lowest BCUT2D eigenvalue weighted by Crippen LogP contribution is -2.41. The minimum Gasteiger partial charge on any atom is -0.325 e. The normalized spacial score (nSPS) is 13.5. The molecule has 0 heterocycles. The molecule has 21 heavy (non-hydrogen) atoms. The van der Waals surface area contributed by atoms with E-state index in [1.807, 2.05) is 0 Å². The summed E-state index contributed by atoms with van der Waals surface area (Å²) in [5, 5.41) is 0. The van der Waals surface area contributed by atoms with Crippen LogP contribution in [0.5, 0.6) is 0 Å². The van der Waals surface area contributed by atoms with Gasteiger partial charge in [-0.2, -0.15) is 13.2 Å². The highest BCUT2D eigenvalue weighted by Crippen LogP contribution is 2.35. The molecule has 0 aliphatic heterocycles. The molecular weight excluding hydrogens is 387 g/mol. The summed E-state index contributed by atoms with van der Waals surface area (Å²) in [6.07, 6.45) is -4.95. The van der Waals surface area contributed by atoms with Gasteiger partial charge in [0.15, 0.2) is 0 Å². The van der Waals surface area contributed by atoms with Gasteiger partial charge in [0, 0.05) is 4.47 Å². The Morgan fingerprint density at radius 3 is 2.24 bits per heavy atom. The fourth-order valence-corrected chi connectivity index (χ4v) is 2.94. The fraction of sp³-hybridized carbons (Fsp3) is 0.400. The highest BCUT2D eigenvalue weighted by atomic mass is 79.9. The first-order chi connectivity index (χ1) is 9.39. The Morgan fingerprint density at radius 2 is 1.76 bits per heavy atom. The van der Waals surface area contributed by atoms with E-state index in [0.29, 0.717) is 12.1 Å². The molecule has 0 aliphatic carbocycles. The predicted molar refractivity (Wildman–Crippen MR) is 68.3 cm³/mol. The monoisotopic (exact) mass is 396 g/mol. The van der Waals surface area contributed by atoms with Crippen LogP contribution in [0.4, 0.5) is 22.0 Å². The third kappa shape index (κ3) is 4.87. The third-order valence-electron chi connectivity index (χ3n) is 2.36. The van der Waals surface area contributed by atoms with Crippen LogP contribution in [0.15, 0.2) is 27.6 Å². The lowest BCUT2D eigenvalue weighted by atomic mass is 10.2. The Labute approximate surface area is 125 Å². The van der Waals surface area contributed by atoms with E-state index in [9.17, 15) is 30.4 Å². The van der Waals surface area contributed by atoms with Crippen molar-refractivity contribution in [1.82, 2.24) is 4.72 Å². The zero-order chi connectivity index (χ0) is 16.5. The van der Waals surface area contributed by atoms with Crippen molar-refractivity contribution < 1.29 is 30.4 Å². The number of rotatable bonds is 5.